The van der Waals surface area contributed by atoms with Crippen LogP contribution in [-0.2, 0) is 114 Å². The molecule has 19 atom stereocenters. The summed E-state index contributed by atoms with van der Waals surface area (Å²) >= 11 is 8.44. The molecule has 140 heavy (non-hydrogen) atoms. The van der Waals surface area contributed by atoms with E-state index in [9.17, 15) is 121 Å². The van der Waals surface area contributed by atoms with Gasteiger partial charge in [-0.3, -0.25) is 106 Å². The first-order valence-corrected chi connectivity index (χ1v) is 47.1. The molecule has 0 radical (unpaired) electrons. The van der Waals surface area contributed by atoms with Gasteiger partial charge in [-0.2, -0.15) is 25.3 Å². The Morgan fingerprint density at radius 2 is 0.836 bits per heavy atom. The summed E-state index contributed by atoms with van der Waals surface area (Å²) in [5, 5.41) is 105. The number of carboxylic acid groups (broad SMARTS) is 3. The fraction of sp³-hybridized carbons (Fsp3) is 0.621. The molecule has 3 aromatic rings. The third-order valence-electron chi connectivity index (χ3n) is 22.4. The summed E-state index contributed by atoms with van der Waals surface area (Å²) in [5.41, 5.74) is 12.4. The smallest absolute Gasteiger partial charge is 0.322 e. The molecule has 1 aliphatic heterocycles. The fourth-order valence-electron chi connectivity index (χ4n) is 14.4. The molecular weight excluding hydrogens is 1880 g/mol. The molecule has 1 aromatic carbocycles. The third kappa shape index (κ3) is 40.6. The average Bonchev–Trinajstić information content (AvgIpc) is 1.66. The summed E-state index contributed by atoms with van der Waals surface area (Å²) in [5.74, 6) is -27.9. The lowest BCUT2D eigenvalue weighted by atomic mass is 9.95. The Balaban J connectivity index is 1.57. The van der Waals surface area contributed by atoms with E-state index in [4.69, 9.17) is 22.0 Å². The predicted molar refractivity (Wildman–Crippen MR) is 509 cm³/mol. The van der Waals surface area contributed by atoms with Crippen LogP contribution >= 0.6 is 25.3 Å². The van der Waals surface area contributed by atoms with E-state index in [1.807, 2.05) is 0 Å². The second kappa shape index (κ2) is 59.9. The predicted octanol–water partition coefficient (Wildman–Crippen LogP) is -7.43. The van der Waals surface area contributed by atoms with Gasteiger partial charge in [-0.15, -0.1) is 0 Å². The van der Waals surface area contributed by atoms with Gasteiger partial charge >= 0.3 is 17.9 Å². The van der Waals surface area contributed by atoms with E-state index >= 15 is 0 Å². The van der Waals surface area contributed by atoms with Gasteiger partial charge in [0.25, 0.3) is 0 Å². The van der Waals surface area contributed by atoms with Crippen LogP contribution in [0.2, 0.25) is 0 Å². The molecule has 3 heterocycles. The largest absolute Gasteiger partial charge is 0.481 e. The molecule has 1 aliphatic rings. The van der Waals surface area contributed by atoms with Crippen LogP contribution in [0.1, 0.15) is 164 Å². The molecule has 53 heteroatoms. The molecule has 2 aromatic heterocycles. The number of aromatic amines is 2. The Labute approximate surface area is 818 Å². The summed E-state index contributed by atoms with van der Waals surface area (Å²) in [6.07, 6.45) is 1.05. The minimum Gasteiger partial charge on any atom is -0.481 e. The normalized spacial score (nSPS) is 16.2. The van der Waals surface area contributed by atoms with E-state index in [2.05, 4.69) is 141 Å². The minimum absolute atomic E-state index is 0.0186. The van der Waals surface area contributed by atoms with Crippen LogP contribution < -0.4 is 112 Å². The molecule has 1 saturated heterocycles. The van der Waals surface area contributed by atoms with Crippen molar-refractivity contribution in [2.24, 2.45) is 41.1 Å². The summed E-state index contributed by atoms with van der Waals surface area (Å²) in [4.78, 5) is 299. The number of carbonyl (C=O) groups excluding carboxylic acids is 18. The number of rotatable bonds is 63. The molecule has 0 unspecified atom stereocenters. The van der Waals surface area contributed by atoms with Crippen LogP contribution in [0.15, 0.2) is 43.0 Å². The number of carboxylic acids is 3. The van der Waals surface area contributed by atoms with E-state index in [0.29, 0.717) is 35.9 Å². The van der Waals surface area contributed by atoms with E-state index in [1.165, 1.54) is 19.4 Å². The van der Waals surface area contributed by atoms with Gasteiger partial charge in [-0.1, -0.05) is 100 Å². The standard InChI is InChI=1S/C87H137N25O26S2/c1-12-43(9)68(85(137)105-55(27-46-32-94-49-19-15-14-18-48(46)49)75(127)110-63(38-140)84(136)108-61(36-114)81(133)99-52(24-40(3)4)71(123)95-34-67(120)121)111-79(131)54(26-42(7)8)101-82(134)60(35-113)107-77(129)57(29-64(88)115)102-76(128)56(28-47-33-91-39-96-47)106-86(138)69(44(10)13-2)112-80(132)59(31-66(118)119)103-73(125)51(21-17-23-93-87(89)90)98-70(122)45(11)97-83(135)62(37-139)109-78(130)58(30-65(116)117)104-74(126)53(25-41(5)6)100-72(124)50-20-16-22-92-50/h14-15,18-19,32-33,39-45,50-63,68-69,92,94,113-114,139-140H,12-13,16-17,20-31,34-38H2,1-11H3,(H2,88,115)(H,91,96)(H,95,123)(H,97,135)(H,98,122)(H,99,133)(H,100,124)(H,101,134)(H,102,128)(H,103,125)(H,104,126)(H,105,137)(H,106,138)(H,107,129)(H,108,136)(H,109,130)(H,110,127)(H,111,131)(H,112,132)(H,116,117)(H,118,119)(H,120,121)(H4,89,90,93)/t43-,44-,45-,50-,51-,52-,53-,54-,55-,56-,57-,58-,59-,60-,61-,62-,63-,68-,69-/m0/s1. The molecule has 18 amide bonds. The Kier molecular flexibility index (Phi) is 50.9. The molecule has 0 bridgehead atoms. The number of aliphatic hydroxyl groups excluding tert-OH is 2. The quantitative estimate of drug-likeness (QED) is 0.0108. The van der Waals surface area contributed by atoms with Gasteiger partial charge in [-0.05, 0) is 99.6 Å². The molecule has 4 rings (SSSR count). The van der Waals surface area contributed by atoms with Crippen molar-refractivity contribution in [3.8, 4) is 0 Å². The van der Waals surface area contributed by atoms with E-state index in [0.717, 1.165) is 6.92 Å². The lowest BCUT2D eigenvalue weighted by Crippen LogP contribution is -2.62. The number of amides is 18. The van der Waals surface area contributed by atoms with Gasteiger partial charge < -0.3 is 148 Å². The first-order valence-electron chi connectivity index (χ1n) is 45.8. The van der Waals surface area contributed by atoms with Crippen molar-refractivity contribution in [1.29, 1.82) is 5.41 Å². The maximum atomic E-state index is 14.9. The Hall–Kier alpha value is -13.3. The highest BCUT2D eigenvalue weighted by Crippen LogP contribution is 2.22. The highest BCUT2D eigenvalue weighted by atomic mass is 32.1. The first kappa shape index (κ1) is 119. The number of imidazole rings is 1. The molecule has 778 valence electrons. The van der Waals surface area contributed by atoms with Gasteiger partial charge in [0, 0.05) is 59.9 Å². The Morgan fingerprint density at radius 1 is 0.443 bits per heavy atom. The third-order valence-corrected chi connectivity index (χ3v) is 23.2. The van der Waals surface area contributed by atoms with Crippen LogP contribution in [0.25, 0.3) is 10.9 Å². The number of H-pyrrole nitrogens is 2. The number of nitrogens with two attached hydrogens (primary N) is 2. The SMILES string of the molecule is CC[C@H](C)[C@H](NC(=O)[C@H](CC(=O)O)NC(=O)[C@H](CCCNC(=N)N)NC(=O)[C@H](C)NC(=O)[C@H](CS)NC(=O)[C@H](CC(=O)O)NC(=O)[C@H](CC(C)C)NC(=O)[C@@H]1CCCN1)C(=O)N[C@@H](Cc1cnc[nH]1)C(=O)N[C@@H](CC(N)=O)C(=O)N[C@@H](CO)C(=O)N[C@@H](CC(C)C)C(=O)N[C@H](C(=O)N[C@@H](Cc1c[nH]c2ccccc12)C(=O)N[C@@H](CS)C(=O)N[C@@H](CO)C(=O)N[C@@H](CC(C)C)C(=O)NCC(=O)O)[C@@H](C)CC. The number of nitrogens with zero attached hydrogens (tertiary/aromatic N) is 1. The zero-order chi connectivity index (χ0) is 105. The highest BCUT2D eigenvalue weighted by molar-refractivity contribution is 7.80. The number of fused-ring (bicyclic) bond motifs is 1. The van der Waals surface area contributed by atoms with Crippen molar-refractivity contribution >= 4 is 166 Å². The van der Waals surface area contributed by atoms with Crippen molar-refractivity contribution in [2.45, 2.75) is 269 Å². The monoisotopic (exact) mass is 2010 g/mol. The number of para-hydroxylation sites is 1. The van der Waals surface area contributed by atoms with Crippen LogP contribution in [0.5, 0.6) is 0 Å². The number of hydrogen-bond acceptors (Lipinski definition) is 28. The second-order valence-corrected chi connectivity index (χ2v) is 36.1. The molecule has 0 saturated carbocycles. The number of carbonyl (C=O) groups is 21. The molecular formula is C87H137N25O26S2. The zero-order valence-corrected chi connectivity index (χ0v) is 81.7. The lowest BCUT2D eigenvalue weighted by molar-refractivity contribution is -0.142. The highest BCUT2D eigenvalue weighted by Gasteiger charge is 2.42. The zero-order valence-electron chi connectivity index (χ0n) is 79.9. The number of aromatic nitrogens is 3. The summed E-state index contributed by atoms with van der Waals surface area (Å²) in [6, 6.07) is -20.6. The Bertz CT molecular complexity index is 4790. The number of hydrogen-bond donors (Lipinski definition) is 31. The van der Waals surface area contributed by atoms with Crippen molar-refractivity contribution < 1.29 is 126 Å². The molecule has 51 nitrogen and oxygen atoms in total. The Morgan fingerprint density at radius 3 is 1.27 bits per heavy atom. The van der Waals surface area contributed by atoms with Crippen LogP contribution in [0, 0.1) is 35.0 Å². The number of primary amides is 1. The second-order valence-electron chi connectivity index (χ2n) is 35.3. The lowest BCUT2D eigenvalue weighted by Gasteiger charge is -2.30. The minimum atomic E-state index is -2.08. The van der Waals surface area contributed by atoms with E-state index in [1.54, 1.807) is 92.8 Å². The average molecular weight is 2010 g/mol. The van der Waals surface area contributed by atoms with Crippen LogP contribution in [0.4, 0.5) is 0 Å². The summed E-state index contributed by atoms with van der Waals surface area (Å²) in [7, 11) is 0. The van der Waals surface area contributed by atoms with Gasteiger partial charge in [0.05, 0.1) is 44.8 Å². The molecule has 31 N–H and O–H groups in total. The van der Waals surface area contributed by atoms with Gasteiger partial charge in [0.15, 0.2) is 5.96 Å². The maximum Gasteiger partial charge on any atom is 0.322 e. The number of aliphatic carboxylic acids is 3. The summed E-state index contributed by atoms with van der Waals surface area (Å²) < 4.78 is 0. The number of nitrogens with one attached hydrogen (secondary N) is 22. The van der Waals surface area contributed by atoms with Crippen molar-refractivity contribution in [1.82, 2.24) is 116 Å². The number of guanidine groups is 1. The number of aliphatic hydroxyl groups is 2. The van der Waals surface area contributed by atoms with Gasteiger partial charge in [0.1, 0.15) is 103 Å². The fourth-order valence-corrected chi connectivity index (χ4v) is 15.0. The van der Waals surface area contributed by atoms with Crippen molar-refractivity contribution in [3.63, 3.8) is 0 Å². The summed E-state index contributed by atoms with van der Waals surface area (Å²) in [6.45, 7) is 15.2. The van der Waals surface area contributed by atoms with Crippen LogP contribution in [-0.4, -0.2) is 318 Å². The van der Waals surface area contributed by atoms with Gasteiger partial charge in [-0.25, -0.2) is 4.98 Å². The van der Waals surface area contributed by atoms with E-state index in [-0.39, 0.29) is 75.4 Å². The molecule has 0 aliphatic carbocycles. The molecule has 0 spiro atoms. The van der Waals surface area contributed by atoms with Crippen molar-refractivity contribution in [3.05, 3.63) is 54.2 Å². The number of thiol groups is 2. The molecule has 1 fully saturated rings. The van der Waals surface area contributed by atoms with Gasteiger partial charge in [0.2, 0.25) is 106 Å². The maximum absolute atomic E-state index is 14.9. The van der Waals surface area contributed by atoms with Crippen LogP contribution in [0.3, 0.4) is 0 Å². The number of benzene rings is 1. The van der Waals surface area contributed by atoms with Crippen molar-refractivity contribution in [2.75, 3.05) is 44.4 Å². The first-order chi connectivity index (χ1) is 66.0. The topological polar surface area (TPSA) is 809 Å². The van der Waals surface area contributed by atoms with E-state index < -0.39 is 308 Å².